The van der Waals surface area contributed by atoms with Gasteiger partial charge in [0.05, 0.1) is 5.69 Å². The first-order chi connectivity index (χ1) is 12.0. The van der Waals surface area contributed by atoms with Crippen LogP contribution in [0, 0.1) is 0 Å². The molecule has 0 aliphatic carbocycles. The minimum Gasteiger partial charge on any atom is -0.494 e. The van der Waals surface area contributed by atoms with Crippen molar-refractivity contribution in [2.24, 2.45) is 10.2 Å². The number of hydrogen-bond donors (Lipinski definition) is 2. The summed E-state index contributed by atoms with van der Waals surface area (Å²) in [6.07, 6.45) is 0. The van der Waals surface area contributed by atoms with Crippen LogP contribution in [-0.2, 0) is 11.3 Å². The minimum atomic E-state index is -1.26. The third-order valence-electron chi connectivity index (χ3n) is 3.51. The van der Waals surface area contributed by atoms with Gasteiger partial charge in [-0.1, -0.05) is 29.8 Å². The highest BCUT2D eigenvalue weighted by Gasteiger charge is 2.17. The quantitative estimate of drug-likeness (QED) is 0.691. The van der Waals surface area contributed by atoms with Gasteiger partial charge in [-0.2, -0.15) is 5.11 Å². The number of fused-ring (bicyclic) bond motifs is 1. The number of benzene rings is 2. The van der Waals surface area contributed by atoms with Crippen LogP contribution in [0.5, 0.6) is 5.88 Å². The number of hydrogen-bond acceptors (Lipinski definition) is 5. The van der Waals surface area contributed by atoms with Gasteiger partial charge in [0.25, 0.3) is 5.56 Å². The molecule has 3 rings (SSSR count). The highest BCUT2D eigenvalue weighted by molar-refractivity contribution is 6.30. The van der Waals surface area contributed by atoms with E-state index in [4.69, 9.17) is 16.7 Å². The van der Waals surface area contributed by atoms with E-state index in [1.165, 1.54) is 0 Å². The number of carboxylic acid groups (broad SMARTS) is 1. The van der Waals surface area contributed by atoms with Crippen LogP contribution in [-0.4, -0.2) is 20.7 Å². The molecule has 0 unspecified atom stereocenters. The van der Waals surface area contributed by atoms with Crippen LogP contribution < -0.4 is 5.56 Å². The molecule has 2 aromatic carbocycles. The summed E-state index contributed by atoms with van der Waals surface area (Å²) in [5, 5.41) is 28.4. The van der Waals surface area contributed by atoms with Gasteiger partial charge < -0.3 is 10.2 Å². The zero-order valence-electron chi connectivity index (χ0n) is 12.8. The second-order valence-corrected chi connectivity index (χ2v) is 5.62. The number of halogens is 1. The summed E-state index contributed by atoms with van der Waals surface area (Å²) in [7, 11) is 0. The van der Waals surface area contributed by atoms with Gasteiger partial charge >= 0.3 is 5.97 Å². The van der Waals surface area contributed by atoms with Crippen molar-refractivity contribution in [1.82, 2.24) is 4.57 Å². The van der Waals surface area contributed by atoms with Crippen molar-refractivity contribution in [3.63, 3.8) is 0 Å². The summed E-state index contributed by atoms with van der Waals surface area (Å²) in [6, 6.07) is 13.1. The number of azo groups is 1. The van der Waals surface area contributed by atoms with Gasteiger partial charge in [0.1, 0.15) is 6.54 Å². The lowest BCUT2D eigenvalue weighted by molar-refractivity contribution is -0.137. The van der Waals surface area contributed by atoms with Crippen molar-refractivity contribution in [2.75, 3.05) is 0 Å². The van der Waals surface area contributed by atoms with Crippen LogP contribution in [0.15, 0.2) is 63.6 Å². The molecule has 25 heavy (non-hydrogen) atoms. The molecule has 0 bridgehead atoms. The maximum Gasteiger partial charge on any atom is 0.323 e. The van der Waals surface area contributed by atoms with Crippen LogP contribution >= 0.6 is 11.6 Å². The van der Waals surface area contributed by atoms with Gasteiger partial charge in [-0.3, -0.25) is 14.2 Å². The normalized spacial score (nSPS) is 11.2. The maximum absolute atomic E-state index is 12.6. The summed E-state index contributed by atoms with van der Waals surface area (Å²) in [5.41, 5.74) is -0.313. The minimum absolute atomic E-state index is 0.0513. The lowest BCUT2D eigenvalue weighted by atomic mass is 10.1. The van der Waals surface area contributed by atoms with Crippen molar-refractivity contribution < 1.29 is 15.0 Å². The zero-order valence-corrected chi connectivity index (χ0v) is 13.5. The summed E-state index contributed by atoms with van der Waals surface area (Å²) in [4.78, 5) is 23.6. The third-order valence-corrected chi connectivity index (χ3v) is 3.76. The molecule has 1 aromatic heterocycles. The van der Waals surface area contributed by atoms with E-state index in [1.54, 1.807) is 48.5 Å². The Bertz CT molecular complexity index is 1040. The van der Waals surface area contributed by atoms with Crippen molar-refractivity contribution in [3.8, 4) is 5.88 Å². The third kappa shape index (κ3) is 3.36. The molecule has 0 amide bonds. The Balaban J connectivity index is 2.20. The average Bonchev–Trinajstić information content (AvgIpc) is 2.60. The fourth-order valence-corrected chi connectivity index (χ4v) is 2.49. The summed E-state index contributed by atoms with van der Waals surface area (Å²) >= 11 is 5.81. The lowest BCUT2D eigenvalue weighted by Gasteiger charge is -2.10. The standard InChI is InChI=1S/C17H12ClN3O4/c18-10-5-7-11(8-6-10)19-20-15-12-3-1-2-4-13(12)16(24)21(17(15)25)9-14(22)23/h1-8,24H,9H2,(H,22,23). The van der Waals surface area contributed by atoms with E-state index in [1.807, 2.05) is 0 Å². The molecule has 0 atom stereocenters. The van der Waals surface area contributed by atoms with Crippen molar-refractivity contribution in [3.05, 3.63) is 63.9 Å². The topological polar surface area (TPSA) is 104 Å². The summed E-state index contributed by atoms with van der Waals surface area (Å²) < 4.78 is 0.751. The molecule has 0 saturated carbocycles. The fraction of sp³-hybridized carbons (Fsp3) is 0.0588. The highest BCUT2D eigenvalue weighted by atomic mass is 35.5. The molecule has 2 N–H and O–H groups in total. The van der Waals surface area contributed by atoms with Gasteiger partial charge in [-0.05, 0) is 30.3 Å². The molecule has 8 heteroatoms. The number of pyridine rings is 1. The Labute approximate surface area is 146 Å². The van der Waals surface area contributed by atoms with E-state index in [0.717, 1.165) is 4.57 Å². The Kier molecular flexibility index (Phi) is 4.49. The van der Waals surface area contributed by atoms with Gasteiger partial charge in [0, 0.05) is 15.8 Å². The van der Waals surface area contributed by atoms with Crippen LogP contribution in [0.2, 0.25) is 5.02 Å². The van der Waals surface area contributed by atoms with Crippen LogP contribution in [0.25, 0.3) is 10.8 Å². The zero-order chi connectivity index (χ0) is 18.0. The molecule has 3 aromatic rings. The number of nitrogens with zero attached hydrogens (tertiary/aromatic N) is 3. The van der Waals surface area contributed by atoms with E-state index in [-0.39, 0.29) is 5.69 Å². The average molecular weight is 358 g/mol. The Morgan fingerprint density at radius 2 is 1.68 bits per heavy atom. The Hall–Kier alpha value is -3.19. The number of rotatable bonds is 4. The van der Waals surface area contributed by atoms with E-state index in [2.05, 4.69) is 10.2 Å². The molecule has 0 fully saturated rings. The molecule has 0 radical (unpaired) electrons. The second-order valence-electron chi connectivity index (χ2n) is 5.18. The van der Waals surface area contributed by atoms with Crippen LogP contribution in [0.4, 0.5) is 11.4 Å². The first kappa shape index (κ1) is 16.7. The number of carboxylic acids is 1. The second kappa shape index (κ2) is 6.74. The van der Waals surface area contributed by atoms with Gasteiger partial charge in [0.2, 0.25) is 5.88 Å². The first-order valence-electron chi connectivity index (χ1n) is 7.21. The van der Waals surface area contributed by atoms with Crippen molar-refractivity contribution >= 4 is 39.7 Å². The smallest absolute Gasteiger partial charge is 0.323 e. The maximum atomic E-state index is 12.6. The highest BCUT2D eigenvalue weighted by Crippen LogP contribution is 2.30. The van der Waals surface area contributed by atoms with E-state index >= 15 is 0 Å². The monoisotopic (exact) mass is 357 g/mol. The predicted molar refractivity (Wildman–Crippen MR) is 93.1 cm³/mol. The number of aromatic nitrogens is 1. The molecular weight excluding hydrogens is 346 g/mol. The number of carbonyl (C=O) groups is 1. The van der Waals surface area contributed by atoms with E-state index < -0.39 is 24.0 Å². The first-order valence-corrected chi connectivity index (χ1v) is 7.59. The van der Waals surface area contributed by atoms with E-state index in [0.29, 0.717) is 21.5 Å². The largest absolute Gasteiger partial charge is 0.494 e. The lowest BCUT2D eigenvalue weighted by Crippen LogP contribution is -2.24. The van der Waals surface area contributed by atoms with Crippen molar-refractivity contribution in [2.45, 2.75) is 6.54 Å². The fourth-order valence-electron chi connectivity index (χ4n) is 2.36. The molecule has 1 heterocycles. The van der Waals surface area contributed by atoms with Crippen LogP contribution in [0.3, 0.4) is 0 Å². The van der Waals surface area contributed by atoms with Gasteiger partial charge in [-0.15, -0.1) is 5.11 Å². The van der Waals surface area contributed by atoms with E-state index in [9.17, 15) is 14.7 Å². The van der Waals surface area contributed by atoms with Gasteiger partial charge in [-0.25, -0.2) is 0 Å². The molecule has 7 nitrogen and oxygen atoms in total. The Morgan fingerprint density at radius 3 is 2.32 bits per heavy atom. The molecule has 0 aliphatic rings. The number of aliphatic carboxylic acids is 1. The molecule has 0 spiro atoms. The molecule has 0 saturated heterocycles. The predicted octanol–water partition coefficient (Wildman–Crippen LogP) is 3.86. The number of aromatic hydroxyl groups is 1. The summed E-state index contributed by atoms with van der Waals surface area (Å²) in [6.45, 7) is -0.682. The molecule has 0 aliphatic heterocycles. The Morgan fingerprint density at radius 1 is 1.04 bits per heavy atom. The van der Waals surface area contributed by atoms with Crippen molar-refractivity contribution in [1.29, 1.82) is 0 Å². The van der Waals surface area contributed by atoms with Crippen LogP contribution in [0.1, 0.15) is 0 Å². The van der Waals surface area contributed by atoms with Gasteiger partial charge in [0.15, 0.2) is 5.69 Å². The summed E-state index contributed by atoms with van der Waals surface area (Å²) in [5.74, 6) is -1.68. The SMILES string of the molecule is O=C(O)Cn1c(O)c2ccccc2c(N=Nc2ccc(Cl)cc2)c1=O. The molecule has 126 valence electrons. The molecular formula is C17H12ClN3O4.